The lowest BCUT2D eigenvalue weighted by molar-refractivity contribution is -0.152. The van der Waals surface area contributed by atoms with Crippen molar-refractivity contribution in [3.05, 3.63) is 42.9 Å². The molecule has 6 heteroatoms. The number of fused-ring (bicyclic) bond motifs is 1. The number of esters is 1. The molecule has 0 amide bonds. The first kappa shape index (κ1) is 14.6. The number of cyclic esters (lactones) is 1. The van der Waals surface area contributed by atoms with Gasteiger partial charge in [0.15, 0.2) is 0 Å². The van der Waals surface area contributed by atoms with Crippen LogP contribution >= 0.6 is 0 Å². The van der Waals surface area contributed by atoms with Crippen LogP contribution in [-0.4, -0.2) is 32.1 Å². The van der Waals surface area contributed by atoms with Crippen LogP contribution in [-0.2, 0) is 16.1 Å². The Balaban J connectivity index is 1.35. The third kappa shape index (κ3) is 2.40. The molecule has 6 nitrogen and oxygen atoms in total. The van der Waals surface area contributed by atoms with Crippen LogP contribution in [0.25, 0.3) is 22.0 Å². The summed E-state index contributed by atoms with van der Waals surface area (Å²) in [5.74, 6) is -0.0211. The molecule has 0 radical (unpaired) electrons. The summed E-state index contributed by atoms with van der Waals surface area (Å²) in [5.41, 5.74) is 1.64. The molecule has 2 aliphatic rings. The van der Waals surface area contributed by atoms with E-state index in [2.05, 4.69) is 21.4 Å². The Labute approximate surface area is 144 Å². The minimum Gasteiger partial charge on any atom is -0.460 e. The van der Waals surface area contributed by atoms with Gasteiger partial charge in [-0.3, -0.25) is 9.78 Å². The summed E-state index contributed by atoms with van der Waals surface area (Å²) in [6, 6.07) is 8.14. The monoisotopic (exact) mass is 334 g/mol. The van der Waals surface area contributed by atoms with Gasteiger partial charge in [0, 0.05) is 29.8 Å². The average molecular weight is 334 g/mol. The molecule has 126 valence electrons. The first-order chi connectivity index (χ1) is 12.2. The molecule has 2 aromatic heterocycles. The summed E-state index contributed by atoms with van der Waals surface area (Å²) in [6.07, 6.45) is 9.34. The number of ether oxygens (including phenoxy) is 1. The molecule has 25 heavy (non-hydrogen) atoms. The maximum atomic E-state index is 12.1. The van der Waals surface area contributed by atoms with Crippen molar-refractivity contribution in [3.8, 4) is 11.3 Å². The number of carbonyl (C=O) groups excluding carboxylic acids is 1. The average Bonchev–Trinajstić information content (AvgIpc) is 3.19. The topological polar surface area (TPSA) is 69.9 Å². The summed E-state index contributed by atoms with van der Waals surface area (Å²) in [7, 11) is 0. The van der Waals surface area contributed by atoms with Crippen LogP contribution in [0.5, 0.6) is 0 Å². The Morgan fingerprint density at radius 2 is 2.16 bits per heavy atom. The number of pyridine rings is 1. The van der Waals surface area contributed by atoms with Gasteiger partial charge in [0.05, 0.1) is 18.2 Å². The number of hydrogen-bond acceptors (Lipinski definition) is 5. The zero-order chi connectivity index (χ0) is 16.9. The molecule has 5 rings (SSSR count). The van der Waals surface area contributed by atoms with Gasteiger partial charge in [-0.25, -0.2) is 4.68 Å². The van der Waals surface area contributed by atoms with Crippen molar-refractivity contribution in [2.75, 3.05) is 0 Å². The minimum atomic E-state index is -0.194. The van der Waals surface area contributed by atoms with Gasteiger partial charge in [0.1, 0.15) is 11.8 Å². The summed E-state index contributed by atoms with van der Waals surface area (Å²) >= 11 is 0. The van der Waals surface area contributed by atoms with Crippen LogP contribution < -0.4 is 0 Å². The van der Waals surface area contributed by atoms with E-state index in [1.54, 1.807) is 10.9 Å². The van der Waals surface area contributed by atoms with Gasteiger partial charge in [0.25, 0.3) is 0 Å². The molecular formula is C19H18N4O2. The second kappa shape index (κ2) is 5.37. The van der Waals surface area contributed by atoms with E-state index in [4.69, 9.17) is 4.74 Å². The third-order valence-electron chi connectivity index (χ3n) is 5.50. The predicted molar refractivity (Wildman–Crippen MR) is 91.5 cm³/mol. The normalized spacial score (nSPS) is 21.4. The number of aromatic nitrogens is 4. The molecule has 1 aromatic carbocycles. The first-order valence-electron chi connectivity index (χ1n) is 8.67. The molecule has 0 bridgehead atoms. The van der Waals surface area contributed by atoms with E-state index in [-0.39, 0.29) is 17.5 Å². The molecule has 1 saturated heterocycles. The Kier molecular flexibility index (Phi) is 3.13. The van der Waals surface area contributed by atoms with Crippen LogP contribution in [0.3, 0.4) is 0 Å². The smallest absolute Gasteiger partial charge is 0.312 e. The Morgan fingerprint density at radius 1 is 1.24 bits per heavy atom. The van der Waals surface area contributed by atoms with E-state index in [0.717, 1.165) is 47.7 Å². The van der Waals surface area contributed by atoms with Crippen LogP contribution in [0, 0.1) is 5.41 Å². The second-order valence-electron chi connectivity index (χ2n) is 7.13. The van der Waals surface area contributed by atoms with Crippen molar-refractivity contribution >= 4 is 16.7 Å². The van der Waals surface area contributed by atoms with Crippen molar-refractivity contribution in [1.29, 1.82) is 0 Å². The Hall–Kier alpha value is -2.76. The highest BCUT2D eigenvalue weighted by molar-refractivity contribution is 5.85. The van der Waals surface area contributed by atoms with Crippen molar-refractivity contribution in [3.63, 3.8) is 0 Å². The van der Waals surface area contributed by atoms with Gasteiger partial charge in [-0.2, -0.15) is 0 Å². The predicted octanol–water partition coefficient (Wildman–Crippen LogP) is 2.98. The fourth-order valence-electron chi connectivity index (χ4n) is 3.92. The van der Waals surface area contributed by atoms with Crippen LogP contribution in [0.1, 0.15) is 25.7 Å². The van der Waals surface area contributed by atoms with Crippen LogP contribution in [0.4, 0.5) is 0 Å². The standard InChI is InChI=1S/C19H18N4O2/c24-18-19(5-1-6-19)9-16(25-18)11-23-12-17(21-22-23)14-2-3-15-10-20-7-4-13(15)8-14/h2-4,7-8,10,12,16H,1,5-6,9,11H2. The fraction of sp³-hybridized carbons (Fsp3) is 0.368. The maximum Gasteiger partial charge on any atom is 0.312 e. The lowest BCUT2D eigenvalue weighted by Crippen LogP contribution is -2.33. The van der Waals surface area contributed by atoms with Gasteiger partial charge in [-0.05, 0) is 30.4 Å². The SMILES string of the molecule is O=C1OC(Cn2cc(-c3ccc4cnccc4c3)nn2)CC12CCC2. The highest BCUT2D eigenvalue weighted by Crippen LogP contribution is 2.50. The Bertz CT molecular complexity index is 961. The lowest BCUT2D eigenvalue weighted by Gasteiger charge is -2.33. The zero-order valence-electron chi connectivity index (χ0n) is 13.8. The van der Waals surface area contributed by atoms with Gasteiger partial charge in [-0.1, -0.05) is 23.8 Å². The first-order valence-corrected chi connectivity index (χ1v) is 8.67. The lowest BCUT2D eigenvalue weighted by atomic mass is 9.67. The third-order valence-corrected chi connectivity index (χ3v) is 5.50. The molecule has 2 fully saturated rings. The van der Waals surface area contributed by atoms with Gasteiger partial charge in [-0.15, -0.1) is 5.10 Å². The number of rotatable bonds is 3. The molecule has 1 atom stereocenters. The van der Waals surface area contributed by atoms with Crippen molar-refractivity contribution in [2.45, 2.75) is 38.3 Å². The summed E-state index contributed by atoms with van der Waals surface area (Å²) in [6.45, 7) is 0.567. The highest BCUT2D eigenvalue weighted by atomic mass is 16.6. The quantitative estimate of drug-likeness (QED) is 0.689. The molecular weight excluding hydrogens is 316 g/mol. The number of benzene rings is 1. The number of hydrogen-bond donors (Lipinski definition) is 0. The van der Waals surface area contributed by atoms with E-state index in [1.165, 1.54) is 0 Å². The maximum absolute atomic E-state index is 12.1. The molecule has 1 aliphatic carbocycles. The van der Waals surface area contributed by atoms with Gasteiger partial charge < -0.3 is 4.74 Å². The summed E-state index contributed by atoms with van der Waals surface area (Å²) in [5, 5.41) is 10.7. The summed E-state index contributed by atoms with van der Waals surface area (Å²) < 4.78 is 7.34. The molecule has 1 aliphatic heterocycles. The van der Waals surface area contributed by atoms with E-state index in [1.807, 2.05) is 30.6 Å². The fourth-order valence-corrected chi connectivity index (χ4v) is 3.92. The highest BCUT2D eigenvalue weighted by Gasteiger charge is 2.52. The van der Waals surface area contributed by atoms with Crippen molar-refractivity contribution in [2.24, 2.45) is 5.41 Å². The van der Waals surface area contributed by atoms with Crippen LogP contribution in [0.15, 0.2) is 42.9 Å². The molecule has 1 spiro atoms. The van der Waals surface area contributed by atoms with Crippen molar-refractivity contribution in [1.82, 2.24) is 20.0 Å². The molecule has 3 heterocycles. The Morgan fingerprint density at radius 3 is 2.96 bits per heavy atom. The summed E-state index contributed by atoms with van der Waals surface area (Å²) in [4.78, 5) is 16.2. The van der Waals surface area contributed by atoms with E-state index in [0.29, 0.717) is 6.54 Å². The second-order valence-corrected chi connectivity index (χ2v) is 7.13. The molecule has 1 unspecified atom stereocenters. The largest absolute Gasteiger partial charge is 0.460 e. The zero-order valence-corrected chi connectivity index (χ0v) is 13.8. The van der Waals surface area contributed by atoms with E-state index in [9.17, 15) is 4.79 Å². The van der Waals surface area contributed by atoms with E-state index >= 15 is 0 Å². The molecule has 1 saturated carbocycles. The van der Waals surface area contributed by atoms with Crippen LogP contribution in [0.2, 0.25) is 0 Å². The van der Waals surface area contributed by atoms with Gasteiger partial charge in [0.2, 0.25) is 0 Å². The molecule has 3 aromatic rings. The number of carbonyl (C=O) groups is 1. The number of nitrogens with zero attached hydrogens (tertiary/aromatic N) is 4. The van der Waals surface area contributed by atoms with Gasteiger partial charge >= 0.3 is 5.97 Å². The minimum absolute atomic E-state index is 0.0211. The molecule has 0 N–H and O–H groups in total. The van der Waals surface area contributed by atoms with Crippen molar-refractivity contribution < 1.29 is 9.53 Å². The van der Waals surface area contributed by atoms with E-state index < -0.39 is 0 Å².